The molecule has 5 rings (SSSR count). The number of ether oxygens (including phenoxy) is 3. The van der Waals surface area contributed by atoms with E-state index in [1.807, 2.05) is 14.2 Å². The van der Waals surface area contributed by atoms with Gasteiger partial charge in [0.1, 0.15) is 11.5 Å². The van der Waals surface area contributed by atoms with E-state index in [2.05, 4.69) is 17.1 Å². The van der Waals surface area contributed by atoms with Gasteiger partial charge in [0.2, 0.25) is 0 Å². The number of fused-ring (bicyclic) bond motifs is 3. The fourth-order valence-electron chi connectivity index (χ4n) is 8.23. The number of aliphatic hydroxyl groups is 1. The second kappa shape index (κ2) is 12.8. The second-order valence-corrected chi connectivity index (χ2v) is 11.5. The van der Waals surface area contributed by atoms with Crippen molar-refractivity contribution in [2.75, 3.05) is 41.0 Å². The smallest absolute Gasteiger partial charge is 0.137 e. The van der Waals surface area contributed by atoms with Crippen LogP contribution in [0.1, 0.15) is 64.7 Å². The number of halogens is 1. The summed E-state index contributed by atoms with van der Waals surface area (Å²) in [4.78, 5) is 2.84. The average Bonchev–Trinajstić information content (AvgIpc) is 2.87. The molecule has 8 atom stereocenters. The molecule has 208 valence electrons. The molecule has 0 aromatic heterocycles. The summed E-state index contributed by atoms with van der Waals surface area (Å²) in [6.07, 6.45) is 10.4. The van der Waals surface area contributed by atoms with Gasteiger partial charge in [0.05, 0.1) is 19.3 Å². The van der Waals surface area contributed by atoms with Crippen LogP contribution in [-0.4, -0.2) is 80.7 Å². The average molecular weight is 529 g/mol. The third kappa shape index (κ3) is 5.62. The Balaban J connectivity index is 0.00000180. The van der Waals surface area contributed by atoms with Gasteiger partial charge in [-0.05, 0) is 80.9 Å². The molecule has 5 aliphatic rings. The molecule has 0 spiro atoms. The number of aliphatic hydroxyl groups excluding tert-OH is 1. The molecule has 2 saturated heterocycles. The van der Waals surface area contributed by atoms with Crippen molar-refractivity contribution in [3.05, 3.63) is 22.7 Å². The van der Waals surface area contributed by atoms with Gasteiger partial charge >= 0.3 is 0 Å². The van der Waals surface area contributed by atoms with Gasteiger partial charge < -0.3 is 30.1 Å². The first-order chi connectivity index (χ1) is 16.6. The number of hydrogen-bond donors (Lipinski definition) is 2. The molecule has 3 fully saturated rings. The Labute approximate surface area is 223 Å². The number of rotatable bonds is 6. The lowest BCUT2D eigenvalue weighted by Crippen LogP contribution is -2.59. The Bertz CT molecular complexity index is 805. The van der Waals surface area contributed by atoms with E-state index in [-0.39, 0.29) is 30.1 Å². The Morgan fingerprint density at radius 2 is 1.78 bits per heavy atom. The highest BCUT2D eigenvalue weighted by atomic mass is 35.5. The lowest BCUT2D eigenvalue weighted by Gasteiger charge is -2.55. The molecule has 36 heavy (non-hydrogen) atoms. The standard InChI is InChI=1S/C28H46N2O4.ClH.H2O/c1-5-17-16-30-9-7-19-13-27(33-3)28(34-4)15-22(19)24(30)11-20(17)10-23-21-14-26(32-2)25(31)12-18(21)6-8-29-23;;/h17,19-20,22-24,27-29,31H,5-16H2,1-4H3;1H;1H2/t17-,19?,20-,22?,23+,24-,27?,28?;;/m0../s1. The number of nitrogens with zero attached hydrogens (tertiary/aromatic N) is 1. The van der Waals surface area contributed by atoms with Crippen LogP contribution in [0.3, 0.4) is 0 Å². The fraction of sp³-hybridized carbons (Fsp3) is 0.857. The third-order valence-corrected chi connectivity index (χ3v) is 10.2. The molecule has 3 heterocycles. The van der Waals surface area contributed by atoms with Gasteiger partial charge in [0, 0.05) is 45.7 Å². The van der Waals surface area contributed by atoms with Crippen molar-refractivity contribution >= 4 is 12.4 Å². The Morgan fingerprint density at radius 3 is 2.47 bits per heavy atom. The molecule has 8 heteroatoms. The van der Waals surface area contributed by atoms with E-state index in [0.717, 1.165) is 61.7 Å². The largest absolute Gasteiger partial charge is 0.508 e. The normalized spacial score (nSPS) is 38.8. The number of allylic oxidation sites excluding steroid dienone is 2. The molecular formula is C28H49ClN2O5. The van der Waals surface area contributed by atoms with Crippen molar-refractivity contribution in [2.24, 2.45) is 23.7 Å². The first-order valence-corrected chi connectivity index (χ1v) is 13.7. The van der Waals surface area contributed by atoms with Crippen LogP contribution in [-0.2, 0) is 14.2 Å². The molecule has 0 radical (unpaired) electrons. The quantitative estimate of drug-likeness (QED) is 0.506. The summed E-state index contributed by atoms with van der Waals surface area (Å²) in [5.41, 5.74) is 2.95. The van der Waals surface area contributed by atoms with Gasteiger partial charge in [-0.25, -0.2) is 0 Å². The molecule has 1 saturated carbocycles. The number of methoxy groups -OCH3 is 3. The van der Waals surface area contributed by atoms with Gasteiger partial charge in [0.25, 0.3) is 0 Å². The predicted molar refractivity (Wildman–Crippen MR) is 144 cm³/mol. The van der Waals surface area contributed by atoms with E-state index in [1.54, 1.807) is 7.11 Å². The fourth-order valence-corrected chi connectivity index (χ4v) is 8.23. The van der Waals surface area contributed by atoms with E-state index >= 15 is 0 Å². The van der Waals surface area contributed by atoms with Crippen molar-refractivity contribution < 1.29 is 24.8 Å². The second-order valence-electron chi connectivity index (χ2n) is 11.5. The molecule has 0 amide bonds. The topological polar surface area (TPSA) is 94.7 Å². The van der Waals surface area contributed by atoms with Crippen molar-refractivity contribution in [2.45, 2.75) is 89.0 Å². The SMILES string of the molecule is CC[C@H]1CN2CCC3CC(OC)C(OC)CC3[C@@H]2C[C@@H]1C[C@H]1NCCC2=C1CC(OC)=C(O)C2.Cl.O. The summed E-state index contributed by atoms with van der Waals surface area (Å²) in [6, 6.07) is 1.10. The van der Waals surface area contributed by atoms with Crippen LogP contribution < -0.4 is 5.32 Å². The molecular weight excluding hydrogens is 480 g/mol. The summed E-state index contributed by atoms with van der Waals surface area (Å²) in [7, 11) is 5.40. The van der Waals surface area contributed by atoms with Gasteiger partial charge in [-0.1, -0.05) is 18.9 Å². The monoisotopic (exact) mass is 528 g/mol. The minimum Gasteiger partial charge on any atom is -0.508 e. The lowest BCUT2D eigenvalue weighted by molar-refractivity contribution is -0.125. The summed E-state index contributed by atoms with van der Waals surface area (Å²) in [5.74, 6) is 4.21. The van der Waals surface area contributed by atoms with Crippen LogP contribution in [0.5, 0.6) is 0 Å². The first kappa shape index (κ1) is 29.7. The third-order valence-electron chi connectivity index (χ3n) is 10.2. The zero-order chi connectivity index (χ0) is 23.8. The van der Waals surface area contributed by atoms with Crippen LogP contribution in [0.15, 0.2) is 22.7 Å². The van der Waals surface area contributed by atoms with E-state index in [1.165, 1.54) is 49.9 Å². The molecule has 0 bridgehead atoms. The number of piperidine rings is 2. The highest BCUT2D eigenvalue weighted by Crippen LogP contribution is 2.48. The maximum Gasteiger partial charge on any atom is 0.137 e. The molecule has 7 nitrogen and oxygen atoms in total. The van der Waals surface area contributed by atoms with E-state index in [4.69, 9.17) is 14.2 Å². The van der Waals surface area contributed by atoms with Gasteiger partial charge in [-0.15, -0.1) is 12.4 Å². The Hall–Kier alpha value is -0.830. The number of nitrogens with one attached hydrogen (secondary N) is 1. The van der Waals surface area contributed by atoms with Crippen molar-refractivity contribution in [3.63, 3.8) is 0 Å². The van der Waals surface area contributed by atoms with Crippen LogP contribution in [0, 0.1) is 23.7 Å². The highest BCUT2D eigenvalue weighted by Gasteiger charge is 2.49. The molecule has 2 aliphatic carbocycles. The molecule has 3 aliphatic heterocycles. The van der Waals surface area contributed by atoms with Crippen molar-refractivity contribution in [3.8, 4) is 0 Å². The zero-order valence-corrected chi connectivity index (χ0v) is 23.4. The molecule has 4 unspecified atom stereocenters. The van der Waals surface area contributed by atoms with Crippen LogP contribution in [0.2, 0.25) is 0 Å². The van der Waals surface area contributed by atoms with Crippen LogP contribution >= 0.6 is 12.4 Å². The van der Waals surface area contributed by atoms with E-state index in [0.29, 0.717) is 24.3 Å². The Kier molecular flexibility index (Phi) is 10.6. The maximum atomic E-state index is 10.4. The van der Waals surface area contributed by atoms with Crippen LogP contribution in [0.4, 0.5) is 0 Å². The van der Waals surface area contributed by atoms with Crippen molar-refractivity contribution in [1.82, 2.24) is 10.2 Å². The predicted octanol–water partition coefficient (Wildman–Crippen LogP) is 4.02. The minimum absolute atomic E-state index is 0. The summed E-state index contributed by atoms with van der Waals surface area (Å²) in [5, 5.41) is 14.2. The van der Waals surface area contributed by atoms with Crippen LogP contribution in [0.25, 0.3) is 0 Å². The summed E-state index contributed by atoms with van der Waals surface area (Å²) >= 11 is 0. The first-order valence-electron chi connectivity index (χ1n) is 13.7. The minimum atomic E-state index is 0. The lowest BCUT2D eigenvalue weighted by atomic mass is 9.63. The van der Waals surface area contributed by atoms with E-state index in [9.17, 15) is 5.11 Å². The van der Waals surface area contributed by atoms with Gasteiger partial charge in [-0.3, -0.25) is 4.90 Å². The highest BCUT2D eigenvalue weighted by molar-refractivity contribution is 5.85. The van der Waals surface area contributed by atoms with Gasteiger partial charge in [0.15, 0.2) is 0 Å². The maximum absolute atomic E-state index is 10.4. The van der Waals surface area contributed by atoms with Crippen molar-refractivity contribution in [1.29, 1.82) is 0 Å². The Morgan fingerprint density at radius 1 is 1.03 bits per heavy atom. The molecule has 4 N–H and O–H groups in total. The molecule has 0 aromatic rings. The summed E-state index contributed by atoms with van der Waals surface area (Å²) in [6.45, 7) is 5.92. The molecule has 0 aromatic carbocycles. The number of hydrogen-bond acceptors (Lipinski definition) is 6. The summed E-state index contributed by atoms with van der Waals surface area (Å²) < 4.78 is 17.3. The zero-order valence-electron chi connectivity index (χ0n) is 22.6. The van der Waals surface area contributed by atoms with E-state index < -0.39 is 0 Å². The van der Waals surface area contributed by atoms with Gasteiger partial charge in [-0.2, -0.15) is 0 Å².